The molecule has 1 amide bonds. The van der Waals surface area contributed by atoms with E-state index < -0.39 is 10.0 Å². The molecule has 1 atom stereocenters. The second-order valence-corrected chi connectivity index (χ2v) is 11.1. The number of sulfonamides is 1. The average Bonchev–Trinajstić information content (AvgIpc) is 3.48. The normalized spacial score (nSPS) is 14.6. The summed E-state index contributed by atoms with van der Waals surface area (Å²) in [4.78, 5) is 12.5. The fourth-order valence-corrected chi connectivity index (χ4v) is 5.83. The highest BCUT2D eigenvalue weighted by molar-refractivity contribution is 7.94. The Bertz CT molecular complexity index is 1150. The molecule has 4 rings (SSSR count). The predicted octanol–water partition coefficient (Wildman–Crippen LogP) is 4.53. The zero-order valence-electron chi connectivity index (χ0n) is 18.0. The third kappa shape index (κ3) is 5.14. The number of anilines is 1. The summed E-state index contributed by atoms with van der Waals surface area (Å²) in [5.74, 6) is 0.801. The molecular formula is C24H26N2O4S2. The van der Waals surface area contributed by atoms with Gasteiger partial charge in [0.2, 0.25) is 0 Å². The SMILES string of the molecule is Cc1ccc([C@@H](NC(=O)COc2ccc(N(C)S(=O)(=O)c3cccs3)cc2)C2CC2)cc1. The Kier molecular flexibility index (Phi) is 6.53. The number of hydrogen-bond acceptors (Lipinski definition) is 5. The first kappa shape index (κ1) is 22.4. The molecule has 8 heteroatoms. The summed E-state index contributed by atoms with van der Waals surface area (Å²) < 4.78 is 32.4. The lowest BCUT2D eigenvalue weighted by Crippen LogP contribution is -2.33. The van der Waals surface area contributed by atoms with Crippen LogP contribution in [0.2, 0.25) is 0 Å². The summed E-state index contributed by atoms with van der Waals surface area (Å²) in [6, 6.07) is 18.2. The molecular weight excluding hydrogens is 444 g/mol. The maximum absolute atomic E-state index is 12.6. The van der Waals surface area contributed by atoms with Crippen LogP contribution in [0.25, 0.3) is 0 Å². The van der Waals surface area contributed by atoms with Crippen molar-refractivity contribution in [1.29, 1.82) is 0 Å². The zero-order valence-corrected chi connectivity index (χ0v) is 19.7. The predicted molar refractivity (Wildman–Crippen MR) is 127 cm³/mol. The molecule has 32 heavy (non-hydrogen) atoms. The number of benzene rings is 2. The van der Waals surface area contributed by atoms with Gasteiger partial charge in [-0.1, -0.05) is 35.9 Å². The van der Waals surface area contributed by atoms with E-state index in [1.807, 2.05) is 6.92 Å². The van der Waals surface area contributed by atoms with Crippen LogP contribution in [-0.2, 0) is 14.8 Å². The van der Waals surface area contributed by atoms with Crippen LogP contribution in [0, 0.1) is 12.8 Å². The van der Waals surface area contributed by atoms with Gasteiger partial charge in [0.25, 0.3) is 15.9 Å². The van der Waals surface area contributed by atoms with Gasteiger partial charge in [0.1, 0.15) is 9.96 Å². The largest absolute Gasteiger partial charge is 0.484 e. The number of ether oxygens (including phenoxy) is 1. The van der Waals surface area contributed by atoms with Gasteiger partial charge in [0.15, 0.2) is 6.61 Å². The average molecular weight is 471 g/mol. The molecule has 6 nitrogen and oxygen atoms in total. The number of thiophene rings is 1. The van der Waals surface area contributed by atoms with Crippen molar-refractivity contribution < 1.29 is 17.9 Å². The molecule has 0 radical (unpaired) electrons. The van der Waals surface area contributed by atoms with Gasteiger partial charge in [-0.25, -0.2) is 8.42 Å². The lowest BCUT2D eigenvalue weighted by atomic mass is 10.0. The Balaban J connectivity index is 1.34. The second kappa shape index (κ2) is 9.34. The molecule has 2 aromatic carbocycles. The molecule has 0 unspecified atom stereocenters. The molecule has 3 aromatic rings. The van der Waals surface area contributed by atoms with Gasteiger partial charge >= 0.3 is 0 Å². The first-order chi connectivity index (χ1) is 15.3. The summed E-state index contributed by atoms with van der Waals surface area (Å²) >= 11 is 1.18. The number of aryl methyl sites for hydroxylation is 1. The van der Waals surface area contributed by atoms with Gasteiger partial charge < -0.3 is 10.1 Å². The van der Waals surface area contributed by atoms with Gasteiger partial charge in [-0.15, -0.1) is 11.3 Å². The molecule has 1 saturated carbocycles. The fraction of sp³-hybridized carbons (Fsp3) is 0.292. The maximum Gasteiger partial charge on any atom is 0.273 e. The lowest BCUT2D eigenvalue weighted by molar-refractivity contribution is -0.124. The molecule has 1 heterocycles. The van der Waals surface area contributed by atoms with E-state index in [1.165, 1.54) is 28.3 Å². The number of hydrogen-bond donors (Lipinski definition) is 1. The molecule has 0 bridgehead atoms. The van der Waals surface area contributed by atoms with Gasteiger partial charge in [-0.2, -0.15) is 0 Å². The third-order valence-corrected chi connectivity index (χ3v) is 8.69. The van der Waals surface area contributed by atoms with Crippen molar-refractivity contribution in [1.82, 2.24) is 5.32 Å². The number of nitrogens with zero attached hydrogens (tertiary/aromatic N) is 1. The molecule has 1 N–H and O–H groups in total. The number of rotatable bonds is 9. The van der Waals surface area contributed by atoms with Crippen LogP contribution in [0.1, 0.15) is 30.0 Å². The van der Waals surface area contributed by atoms with Crippen molar-refractivity contribution in [2.24, 2.45) is 5.92 Å². The number of amides is 1. The van der Waals surface area contributed by atoms with Crippen LogP contribution in [0.4, 0.5) is 5.69 Å². The Hall–Kier alpha value is -2.84. The smallest absolute Gasteiger partial charge is 0.273 e. The van der Waals surface area contributed by atoms with Gasteiger partial charge in [0.05, 0.1) is 11.7 Å². The summed E-state index contributed by atoms with van der Waals surface area (Å²) in [6.07, 6.45) is 2.23. The minimum Gasteiger partial charge on any atom is -0.484 e. The van der Waals surface area contributed by atoms with E-state index in [4.69, 9.17) is 4.74 Å². The number of nitrogens with one attached hydrogen (secondary N) is 1. The van der Waals surface area contributed by atoms with E-state index in [0.29, 0.717) is 17.4 Å². The summed E-state index contributed by atoms with van der Waals surface area (Å²) in [5.41, 5.74) is 2.82. The quantitative estimate of drug-likeness (QED) is 0.499. The molecule has 1 aliphatic carbocycles. The van der Waals surface area contributed by atoms with Gasteiger partial charge in [0, 0.05) is 7.05 Å². The van der Waals surface area contributed by atoms with Gasteiger partial charge in [-0.3, -0.25) is 9.10 Å². The van der Waals surface area contributed by atoms with E-state index in [2.05, 4.69) is 29.6 Å². The standard InChI is InChI=1S/C24H26N2O4S2/c1-17-5-7-18(8-6-17)24(19-9-10-19)25-22(27)16-30-21-13-11-20(12-14-21)26(2)32(28,29)23-4-3-15-31-23/h3-8,11-15,19,24H,9-10,16H2,1-2H3,(H,25,27)/t24-/m1/s1. The number of carbonyl (C=O) groups excluding carboxylic acids is 1. The minimum atomic E-state index is -3.59. The van der Waals surface area contributed by atoms with E-state index in [1.54, 1.807) is 41.8 Å². The highest BCUT2D eigenvalue weighted by atomic mass is 32.2. The molecule has 168 valence electrons. The van der Waals surface area contributed by atoms with Crippen molar-refractivity contribution in [3.05, 3.63) is 77.2 Å². The van der Waals surface area contributed by atoms with Crippen LogP contribution in [0.3, 0.4) is 0 Å². The Labute approximate surface area is 192 Å². The molecule has 1 aromatic heterocycles. The van der Waals surface area contributed by atoms with Crippen molar-refractivity contribution in [3.63, 3.8) is 0 Å². The number of carbonyl (C=O) groups is 1. The minimum absolute atomic E-state index is 0.00480. The topological polar surface area (TPSA) is 75.7 Å². The van der Waals surface area contributed by atoms with Crippen molar-refractivity contribution in [3.8, 4) is 5.75 Å². The van der Waals surface area contributed by atoms with E-state index in [0.717, 1.165) is 18.4 Å². The van der Waals surface area contributed by atoms with Crippen molar-refractivity contribution in [2.75, 3.05) is 18.0 Å². The second-order valence-electron chi connectivity index (χ2n) is 7.98. The lowest BCUT2D eigenvalue weighted by Gasteiger charge is -2.20. The maximum atomic E-state index is 12.6. The zero-order chi connectivity index (χ0) is 22.7. The summed E-state index contributed by atoms with van der Waals surface area (Å²) in [7, 11) is -2.07. The van der Waals surface area contributed by atoms with E-state index in [9.17, 15) is 13.2 Å². The van der Waals surface area contributed by atoms with Crippen LogP contribution >= 0.6 is 11.3 Å². The molecule has 1 aliphatic rings. The van der Waals surface area contributed by atoms with Gasteiger partial charge in [-0.05, 0) is 67.0 Å². The molecule has 0 spiro atoms. The Morgan fingerprint density at radius 3 is 2.41 bits per heavy atom. The van der Waals surface area contributed by atoms with Crippen LogP contribution < -0.4 is 14.4 Å². The fourth-order valence-electron chi connectivity index (χ4n) is 3.48. The molecule has 1 fully saturated rings. The van der Waals surface area contributed by atoms with Crippen LogP contribution in [0.5, 0.6) is 5.75 Å². The van der Waals surface area contributed by atoms with Crippen molar-refractivity contribution in [2.45, 2.75) is 30.0 Å². The highest BCUT2D eigenvalue weighted by Gasteiger charge is 2.33. The van der Waals surface area contributed by atoms with Crippen molar-refractivity contribution >= 4 is 33.0 Å². The Morgan fingerprint density at radius 1 is 1.12 bits per heavy atom. The van der Waals surface area contributed by atoms with E-state index >= 15 is 0 Å². The van der Waals surface area contributed by atoms with Crippen LogP contribution in [0.15, 0.2) is 70.3 Å². The molecule has 0 saturated heterocycles. The van der Waals surface area contributed by atoms with Crippen LogP contribution in [-0.4, -0.2) is 28.0 Å². The first-order valence-corrected chi connectivity index (χ1v) is 12.8. The molecule has 0 aliphatic heterocycles. The van der Waals surface area contributed by atoms with E-state index in [-0.39, 0.29) is 22.8 Å². The third-order valence-electron chi connectivity index (χ3n) is 5.53. The highest BCUT2D eigenvalue weighted by Crippen LogP contribution is 2.41. The monoisotopic (exact) mass is 470 g/mol. The summed E-state index contributed by atoms with van der Waals surface area (Å²) in [6.45, 7) is 1.95. The summed E-state index contributed by atoms with van der Waals surface area (Å²) in [5, 5.41) is 4.83. The Morgan fingerprint density at radius 2 is 1.81 bits per heavy atom. The first-order valence-electron chi connectivity index (χ1n) is 10.5.